The van der Waals surface area contributed by atoms with Gasteiger partial charge < -0.3 is 5.32 Å². The number of benzene rings is 1. The van der Waals surface area contributed by atoms with Crippen LogP contribution >= 0.6 is 34.5 Å². The molecule has 0 fully saturated rings. The third-order valence-corrected chi connectivity index (χ3v) is 5.75. The van der Waals surface area contributed by atoms with Crippen LogP contribution in [0.3, 0.4) is 0 Å². The van der Waals surface area contributed by atoms with Crippen molar-refractivity contribution in [3.63, 3.8) is 0 Å². The lowest BCUT2D eigenvalue weighted by Gasteiger charge is -2.10. The number of nitrogens with zero attached hydrogens (tertiary/aromatic N) is 5. The van der Waals surface area contributed by atoms with Crippen LogP contribution in [0.15, 0.2) is 36.7 Å². The second-order valence-corrected chi connectivity index (χ2v) is 7.70. The number of rotatable bonds is 5. The van der Waals surface area contributed by atoms with Crippen LogP contribution < -0.4 is 5.32 Å². The van der Waals surface area contributed by atoms with E-state index in [9.17, 15) is 10.1 Å². The molecule has 1 aromatic carbocycles. The van der Waals surface area contributed by atoms with Gasteiger partial charge >= 0.3 is 5.00 Å². The molecule has 3 aromatic heterocycles. The van der Waals surface area contributed by atoms with Crippen LogP contribution in [-0.4, -0.2) is 24.4 Å². The Balaban J connectivity index is 1.76. The number of anilines is 1. The zero-order chi connectivity index (χ0) is 19.8. The molecule has 3 heterocycles. The SMILES string of the molecule is Cc1nccn1-c1nc(NCc2ccc(Cl)c(Cl)c2)c2cc([N+](=O)[O-])sc2n1. The number of nitrogens with one attached hydrogen (secondary N) is 1. The summed E-state index contributed by atoms with van der Waals surface area (Å²) in [6.45, 7) is 2.24. The van der Waals surface area contributed by atoms with Gasteiger partial charge in [0.25, 0.3) is 0 Å². The van der Waals surface area contributed by atoms with Crippen molar-refractivity contribution in [2.45, 2.75) is 13.5 Å². The number of nitro groups is 1. The Morgan fingerprint density at radius 3 is 2.75 bits per heavy atom. The van der Waals surface area contributed by atoms with Crippen LogP contribution in [0, 0.1) is 17.0 Å². The monoisotopic (exact) mass is 434 g/mol. The molecule has 0 spiro atoms. The van der Waals surface area contributed by atoms with E-state index in [2.05, 4.69) is 20.3 Å². The van der Waals surface area contributed by atoms with Crippen molar-refractivity contribution in [3.05, 3.63) is 68.2 Å². The Morgan fingerprint density at radius 2 is 2.07 bits per heavy atom. The van der Waals surface area contributed by atoms with E-state index in [1.807, 2.05) is 13.0 Å². The zero-order valence-electron chi connectivity index (χ0n) is 14.4. The van der Waals surface area contributed by atoms with E-state index in [1.54, 1.807) is 29.1 Å². The number of thiophene rings is 1. The van der Waals surface area contributed by atoms with Gasteiger partial charge in [-0.2, -0.15) is 4.98 Å². The molecule has 0 saturated carbocycles. The van der Waals surface area contributed by atoms with Crippen molar-refractivity contribution < 1.29 is 4.92 Å². The standard InChI is InChI=1S/C17H12Cl2N6O2S/c1-9-20-4-5-24(9)17-22-15(11-7-14(25(26)27)28-16(11)23-17)21-8-10-2-3-12(18)13(19)6-10/h2-7H,8H2,1H3,(H,21,22,23). The van der Waals surface area contributed by atoms with Crippen molar-refractivity contribution in [3.8, 4) is 5.95 Å². The number of imidazole rings is 1. The lowest BCUT2D eigenvalue weighted by molar-refractivity contribution is -0.380. The summed E-state index contributed by atoms with van der Waals surface area (Å²) in [6.07, 6.45) is 3.38. The first-order valence-corrected chi connectivity index (χ1v) is 9.63. The number of hydrogen-bond donors (Lipinski definition) is 1. The fraction of sp³-hybridized carbons (Fsp3) is 0.118. The van der Waals surface area contributed by atoms with E-state index in [0.29, 0.717) is 44.4 Å². The highest BCUT2D eigenvalue weighted by Crippen LogP contribution is 2.34. The highest BCUT2D eigenvalue weighted by molar-refractivity contribution is 7.21. The Kier molecular flexibility index (Phi) is 4.88. The molecular weight excluding hydrogens is 423 g/mol. The van der Waals surface area contributed by atoms with Crippen LogP contribution in [0.1, 0.15) is 11.4 Å². The normalized spacial score (nSPS) is 11.1. The fourth-order valence-electron chi connectivity index (χ4n) is 2.65. The van der Waals surface area contributed by atoms with Crippen molar-refractivity contribution in [2.24, 2.45) is 0 Å². The minimum atomic E-state index is -0.433. The molecule has 1 N–H and O–H groups in total. The molecule has 4 rings (SSSR count). The maximum absolute atomic E-state index is 11.2. The van der Waals surface area contributed by atoms with E-state index in [4.69, 9.17) is 23.2 Å². The second kappa shape index (κ2) is 7.34. The summed E-state index contributed by atoms with van der Waals surface area (Å²) in [5.41, 5.74) is 0.895. The van der Waals surface area contributed by atoms with Gasteiger partial charge in [-0.05, 0) is 36.0 Å². The van der Waals surface area contributed by atoms with Gasteiger partial charge in [-0.1, -0.05) is 29.3 Å². The van der Waals surface area contributed by atoms with Gasteiger partial charge in [0.1, 0.15) is 16.5 Å². The summed E-state index contributed by atoms with van der Waals surface area (Å²) in [5, 5.41) is 15.9. The summed E-state index contributed by atoms with van der Waals surface area (Å²) in [5.74, 6) is 1.58. The van der Waals surface area contributed by atoms with E-state index < -0.39 is 4.92 Å². The average molecular weight is 435 g/mol. The summed E-state index contributed by atoms with van der Waals surface area (Å²) in [6, 6.07) is 6.79. The van der Waals surface area contributed by atoms with E-state index in [-0.39, 0.29) is 5.00 Å². The topological polar surface area (TPSA) is 98.8 Å². The molecule has 0 aliphatic rings. The van der Waals surface area contributed by atoms with Crippen LogP contribution in [0.5, 0.6) is 0 Å². The van der Waals surface area contributed by atoms with Crippen molar-refractivity contribution >= 4 is 55.6 Å². The molecule has 0 saturated heterocycles. The Bertz CT molecular complexity index is 1210. The molecule has 4 aromatic rings. The highest BCUT2D eigenvalue weighted by Gasteiger charge is 2.18. The molecule has 0 radical (unpaired) electrons. The van der Waals surface area contributed by atoms with Crippen molar-refractivity contribution in [1.29, 1.82) is 0 Å². The average Bonchev–Trinajstić information content (AvgIpc) is 3.28. The van der Waals surface area contributed by atoms with Gasteiger partial charge in [-0.25, -0.2) is 9.97 Å². The van der Waals surface area contributed by atoms with Gasteiger partial charge in [0.15, 0.2) is 0 Å². The van der Waals surface area contributed by atoms with E-state index in [0.717, 1.165) is 16.9 Å². The van der Waals surface area contributed by atoms with Crippen molar-refractivity contribution in [2.75, 3.05) is 5.32 Å². The Hall–Kier alpha value is -2.75. The quantitative estimate of drug-likeness (QED) is 0.349. The highest BCUT2D eigenvalue weighted by atomic mass is 35.5. The lowest BCUT2D eigenvalue weighted by Crippen LogP contribution is -2.07. The summed E-state index contributed by atoms with van der Waals surface area (Å²) >= 11 is 13.0. The fourth-order valence-corrected chi connectivity index (χ4v) is 3.82. The molecule has 0 unspecified atom stereocenters. The lowest BCUT2D eigenvalue weighted by atomic mass is 10.2. The number of aromatic nitrogens is 4. The number of aryl methyl sites for hydroxylation is 1. The molecule has 142 valence electrons. The van der Waals surface area contributed by atoms with Gasteiger partial charge in [-0.15, -0.1) is 0 Å². The predicted molar refractivity (Wildman–Crippen MR) is 110 cm³/mol. The minimum absolute atomic E-state index is 0.00129. The van der Waals surface area contributed by atoms with Gasteiger partial charge in [-0.3, -0.25) is 14.7 Å². The summed E-state index contributed by atoms with van der Waals surface area (Å²) in [4.78, 5) is 24.5. The maximum atomic E-state index is 11.2. The number of halogens is 2. The molecule has 28 heavy (non-hydrogen) atoms. The molecule has 0 aliphatic carbocycles. The molecule has 0 atom stereocenters. The second-order valence-electron chi connectivity index (χ2n) is 5.88. The van der Waals surface area contributed by atoms with Crippen LogP contribution in [-0.2, 0) is 6.54 Å². The van der Waals surface area contributed by atoms with Gasteiger partial charge in [0.05, 0.1) is 20.4 Å². The van der Waals surface area contributed by atoms with Crippen molar-refractivity contribution in [1.82, 2.24) is 19.5 Å². The largest absolute Gasteiger partial charge is 0.365 e. The first-order chi connectivity index (χ1) is 13.4. The maximum Gasteiger partial charge on any atom is 0.326 e. The molecule has 11 heteroatoms. The smallest absolute Gasteiger partial charge is 0.326 e. The number of hydrogen-bond acceptors (Lipinski definition) is 7. The summed E-state index contributed by atoms with van der Waals surface area (Å²) in [7, 11) is 0. The van der Waals surface area contributed by atoms with Crippen LogP contribution in [0.2, 0.25) is 10.0 Å². The molecule has 0 amide bonds. The Labute approximate surface area is 172 Å². The molecule has 0 aliphatic heterocycles. The number of fused-ring (bicyclic) bond motifs is 1. The first-order valence-electron chi connectivity index (χ1n) is 8.06. The van der Waals surface area contributed by atoms with Crippen LogP contribution in [0.4, 0.5) is 10.8 Å². The summed E-state index contributed by atoms with van der Waals surface area (Å²) < 4.78 is 1.72. The minimum Gasteiger partial charge on any atom is -0.365 e. The third-order valence-electron chi connectivity index (χ3n) is 4.03. The van der Waals surface area contributed by atoms with Gasteiger partial charge in [0, 0.05) is 25.0 Å². The van der Waals surface area contributed by atoms with E-state index >= 15 is 0 Å². The zero-order valence-corrected chi connectivity index (χ0v) is 16.7. The third kappa shape index (κ3) is 3.51. The van der Waals surface area contributed by atoms with Crippen LogP contribution in [0.25, 0.3) is 16.2 Å². The Morgan fingerprint density at radius 1 is 1.25 bits per heavy atom. The first kappa shape index (κ1) is 18.6. The molecular formula is C17H12Cl2N6O2S. The van der Waals surface area contributed by atoms with Gasteiger partial charge in [0.2, 0.25) is 5.95 Å². The predicted octanol–water partition coefficient (Wildman–Crippen LogP) is 5.01. The van der Waals surface area contributed by atoms with E-state index in [1.165, 1.54) is 6.07 Å². The molecule has 8 nitrogen and oxygen atoms in total. The molecule has 0 bridgehead atoms.